The molecule has 0 radical (unpaired) electrons. The maximum Gasteiger partial charge on any atom is 0.139 e. The molecule has 0 bridgehead atoms. The smallest absolute Gasteiger partial charge is 0.139 e. The summed E-state index contributed by atoms with van der Waals surface area (Å²) in [6.45, 7) is 11.4. The van der Waals surface area contributed by atoms with Crippen LogP contribution in [0.1, 0.15) is 57.6 Å². The van der Waals surface area contributed by atoms with Crippen LogP contribution < -0.4 is 0 Å². The molecule has 118 valence electrons. The number of hydrogen-bond donors (Lipinski definition) is 0. The van der Waals surface area contributed by atoms with Gasteiger partial charge in [0, 0.05) is 37.4 Å². The van der Waals surface area contributed by atoms with Crippen molar-refractivity contribution < 1.29 is 4.79 Å². The molecular formula is C20H27NO. The van der Waals surface area contributed by atoms with Gasteiger partial charge in [-0.1, -0.05) is 50.6 Å². The molecule has 0 spiro atoms. The number of piperidine rings is 1. The van der Waals surface area contributed by atoms with E-state index in [2.05, 4.69) is 36.1 Å². The molecule has 2 aliphatic rings. The SMILES string of the molecule is CC1=C2CCN(CCC(=O)C(C)(C)C)CC2c2ccccc21. The van der Waals surface area contributed by atoms with Crippen molar-refractivity contribution in [2.75, 3.05) is 19.6 Å². The molecule has 1 aromatic rings. The number of nitrogens with zero attached hydrogens (tertiary/aromatic N) is 1. The first-order chi connectivity index (χ1) is 10.4. The lowest BCUT2D eigenvalue weighted by molar-refractivity contribution is -0.126. The lowest BCUT2D eigenvalue weighted by atomic mass is 9.87. The molecule has 1 fully saturated rings. The number of benzene rings is 1. The highest BCUT2D eigenvalue weighted by atomic mass is 16.1. The van der Waals surface area contributed by atoms with Crippen LogP contribution in [0.2, 0.25) is 0 Å². The lowest BCUT2D eigenvalue weighted by Gasteiger charge is -2.33. The number of carbonyl (C=O) groups is 1. The summed E-state index contributed by atoms with van der Waals surface area (Å²) < 4.78 is 0. The highest BCUT2D eigenvalue weighted by Gasteiger charge is 2.33. The van der Waals surface area contributed by atoms with Crippen LogP contribution in [0.15, 0.2) is 29.8 Å². The van der Waals surface area contributed by atoms with Gasteiger partial charge in [0.1, 0.15) is 5.78 Å². The molecular weight excluding hydrogens is 270 g/mol. The summed E-state index contributed by atoms with van der Waals surface area (Å²) in [5.41, 5.74) is 5.83. The van der Waals surface area contributed by atoms with Crippen LogP contribution in [0.4, 0.5) is 0 Å². The van der Waals surface area contributed by atoms with Gasteiger partial charge < -0.3 is 4.90 Å². The van der Waals surface area contributed by atoms with Gasteiger partial charge in [-0.3, -0.25) is 4.79 Å². The summed E-state index contributed by atoms with van der Waals surface area (Å²) in [6.07, 6.45) is 1.82. The van der Waals surface area contributed by atoms with E-state index in [1.165, 1.54) is 16.7 Å². The van der Waals surface area contributed by atoms with Crippen molar-refractivity contribution in [2.45, 2.75) is 46.5 Å². The molecule has 1 unspecified atom stereocenters. The van der Waals surface area contributed by atoms with Crippen LogP contribution in [-0.4, -0.2) is 30.3 Å². The molecule has 2 heteroatoms. The highest BCUT2D eigenvalue weighted by Crippen LogP contribution is 2.45. The van der Waals surface area contributed by atoms with E-state index in [4.69, 9.17) is 0 Å². The minimum atomic E-state index is -0.211. The van der Waals surface area contributed by atoms with Crippen molar-refractivity contribution in [3.05, 3.63) is 41.0 Å². The lowest BCUT2D eigenvalue weighted by Crippen LogP contribution is -2.37. The van der Waals surface area contributed by atoms with Gasteiger partial charge in [-0.2, -0.15) is 0 Å². The highest BCUT2D eigenvalue weighted by molar-refractivity contribution is 5.83. The monoisotopic (exact) mass is 297 g/mol. The Morgan fingerprint density at radius 1 is 1.27 bits per heavy atom. The summed E-state index contributed by atoms with van der Waals surface area (Å²) in [7, 11) is 0. The summed E-state index contributed by atoms with van der Waals surface area (Å²) in [5.74, 6) is 0.923. The van der Waals surface area contributed by atoms with E-state index in [1.54, 1.807) is 5.57 Å². The number of carbonyl (C=O) groups excluding carboxylic acids is 1. The van der Waals surface area contributed by atoms with E-state index in [1.807, 2.05) is 20.8 Å². The molecule has 1 heterocycles. The van der Waals surface area contributed by atoms with Crippen molar-refractivity contribution in [1.82, 2.24) is 4.90 Å². The molecule has 1 aromatic carbocycles. The standard InChI is InChI=1S/C20H27NO/c1-14-15-7-5-6-8-17(15)18-13-21(11-9-16(14)18)12-10-19(22)20(2,3)4/h5-8,18H,9-13H2,1-4H3. The van der Waals surface area contributed by atoms with Crippen LogP contribution in [0.3, 0.4) is 0 Å². The Bertz CT molecular complexity index is 621. The maximum atomic E-state index is 12.1. The zero-order valence-electron chi connectivity index (χ0n) is 14.3. The molecule has 0 N–H and O–H groups in total. The zero-order chi connectivity index (χ0) is 15.9. The van der Waals surface area contributed by atoms with Gasteiger partial charge >= 0.3 is 0 Å². The van der Waals surface area contributed by atoms with Gasteiger partial charge in [-0.25, -0.2) is 0 Å². The first-order valence-corrected chi connectivity index (χ1v) is 8.42. The number of likely N-dealkylation sites (tertiary alicyclic amines) is 1. The third-order valence-corrected chi connectivity index (χ3v) is 5.27. The van der Waals surface area contributed by atoms with Crippen molar-refractivity contribution >= 4 is 11.4 Å². The number of rotatable bonds is 3. The number of fused-ring (bicyclic) bond motifs is 3. The number of hydrogen-bond acceptors (Lipinski definition) is 2. The summed E-state index contributed by atoms with van der Waals surface area (Å²) >= 11 is 0. The largest absolute Gasteiger partial charge is 0.302 e. The summed E-state index contributed by atoms with van der Waals surface area (Å²) in [6, 6.07) is 8.82. The molecule has 0 amide bonds. The molecule has 1 atom stereocenters. The van der Waals surface area contributed by atoms with Crippen molar-refractivity contribution in [1.29, 1.82) is 0 Å². The van der Waals surface area contributed by atoms with Crippen molar-refractivity contribution in [2.24, 2.45) is 5.41 Å². The minimum Gasteiger partial charge on any atom is -0.302 e. The summed E-state index contributed by atoms with van der Waals surface area (Å²) in [5, 5.41) is 0. The Labute approximate surface area is 134 Å². The molecule has 2 nitrogen and oxygen atoms in total. The molecule has 1 aliphatic carbocycles. The molecule has 0 aromatic heterocycles. The molecule has 1 aliphatic heterocycles. The first kappa shape index (κ1) is 15.5. The zero-order valence-corrected chi connectivity index (χ0v) is 14.3. The number of ketones is 1. The third kappa shape index (κ3) is 2.77. The van der Waals surface area contributed by atoms with Gasteiger partial charge in [0.05, 0.1) is 0 Å². The fraction of sp³-hybridized carbons (Fsp3) is 0.550. The Morgan fingerprint density at radius 2 is 2.00 bits per heavy atom. The molecule has 22 heavy (non-hydrogen) atoms. The number of allylic oxidation sites excluding steroid dienone is 1. The average Bonchev–Trinajstić information content (AvgIpc) is 2.77. The topological polar surface area (TPSA) is 20.3 Å². The van der Waals surface area contributed by atoms with E-state index >= 15 is 0 Å². The van der Waals surface area contributed by atoms with Crippen molar-refractivity contribution in [3.63, 3.8) is 0 Å². The molecule has 1 saturated heterocycles. The Morgan fingerprint density at radius 3 is 2.73 bits per heavy atom. The number of Topliss-reactive ketones (excluding diaryl/α,β-unsaturated/α-hetero) is 1. The van der Waals surface area contributed by atoms with Crippen LogP contribution in [0.25, 0.3) is 5.57 Å². The van der Waals surface area contributed by atoms with E-state index in [0.717, 1.165) is 26.1 Å². The second kappa shape index (κ2) is 5.66. The molecule has 0 saturated carbocycles. The van der Waals surface area contributed by atoms with Crippen LogP contribution in [0, 0.1) is 5.41 Å². The summed E-state index contributed by atoms with van der Waals surface area (Å²) in [4.78, 5) is 14.6. The Hall–Kier alpha value is -1.41. The molecule has 3 rings (SSSR count). The van der Waals surface area contributed by atoms with Gasteiger partial charge in [0.15, 0.2) is 0 Å². The predicted octanol–water partition coefficient (Wildman–Crippen LogP) is 4.27. The Balaban J connectivity index is 1.69. The Kier molecular flexibility index (Phi) is 3.98. The van der Waals surface area contributed by atoms with Gasteiger partial charge in [-0.05, 0) is 30.0 Å². The third-order valence-electron chi connectivity index (χ3n) is 5.27. The van der Waals surface area contributed by atoms with E-state index < -0.39 is 0 Å². The normalized spacial score (nSPS) is 21.7. The van der Waals surface area contributed by atoms with Crippen LogP contribution in [-0.2, 0) is 4.79 Å². The fourth-order valence-electron chi connectivity index (χ4n) is 3.80. The fourth-order valence-corrected chi connectivity index (χ4v) is 3.80. The minimum absolute atomic E-state index is 0.211. The first-order valence-electron chi connectivity index (χ1n) is 8.42. The average molecular weight is 297 g/mol. The van der Waals surface area contributed by atoms with Gasteiger partial charge in [0.25, 0.3) is 0 Å². The van der Waals surface area contributed by atoms with Crippen molar-refractivity contribution in [3.8, 4) is 0 Å². The van der Waals surface area contributed by atoms with Gasteiger partial charge in [-0.15, -0.1) is 0 Å². The maximum absolute atomic E-state index is 12.1. The van der Waals surface area contributed by atoms with Gasteiger partial charge in [0.2, 0.25) is 0 Å². The second-order valence-electron chi connectivity index (χ2n) is 7.76. The van der Waals surface area contributed by atoms with Crippen LogP contribution >= 0.6 is 0 Å². The van der Waals surface area contributed by atoms with E-state index in [-0.39, 0.29) is 5.41 Å². The van der Waals surface area contributed by atoms with Crippen LogP contribution in [0.5, 0.6) is 0 Å². The second-order valence-corrected chi connectivity index (χ2v) is 7.76. The van der Waals surface area contributed by atoms with E-state index in [9.17, 15) is 4.79 Å². The predicted molar refractivity (Wildman–Crippen MR) is 91.9 cm³/mol. The quantitative estimate of drug-likeness (QED) is 0.830. The van der Waals surface area contributed by atoms with E-state index in [0.29, 0.717) is 18.1 Å².